The second-order valence-electron chi connectivity index (χ2n) is 10.0. The summed E-state index contributed by atoms with van der Waals surface area (Å²) in [7, 11) is 0. The fourth-order valence-corrected chi connectivity index (χ4v) is 6.80. The van der Waals surface area contributed by atoms with Gasteiger partial charge in [-0.3, -0.25) is 4.79 Å². The smallest absolute Gasteiger partial charge is 0.244 e. The van der Waals surface area contributed by atoms with Crippen LogP contribution in [0.3, 0.4) is 0 Å². The van der Waals surface area contributed by atoms with Crippen molar-refractivity contribution in [1.29, 1.82) is 0 Å². The normalized spacial score (nSPS) is 30.7. The summed E-state index contributed by atoms with van der Waals surface area (Å²) in [4.78, 5) is 12.6. The first-order chi connectivity index (χ1) is 14.4. The summed E-state index contributed by atoms with van der Waals surface area (Å²) in [5.41, 5.74) is 2.29. The number of carbonyl (C=O) groups is 1. The Kier molecular flexibility index (Phi) is 5.05. The Labute approximate surface area is 183 Å². The summed E-state index contributed by atoms with van der Waals surface area (Å²) in [6.07, 6.45) is 11.5. The summed E-state index contributed by atoms with van der Waals surface area (Å²) >= 11 is 6.23. The zero-order valence-electron chi connectivity index (χ0n) is 17.8. The standard InChI is InChI=1S/C26H30ClNO2/c1-16-3-4-21(12-23(16)27)24-7-5-22(30-24)6-8-25(29)28-17(2)26-13-18-9-19(14-26)11-20(10-18)15-26/h3-8,12,17-20H,9-11,13-15H2,1-2H3,(H,28,29)/b8-6+/t17-,18?,19?,20?,26?/m0/s1. The van der Waals surface area contributed by atoms with Gasteiger partial charge in [0.2, 0.25) is 5.91 Å². The van der Waals surface area contributed by atoms with Crippen LogP contribution < -0.4 is 5.32 Å². The number of benzene rings is 1. The van der Waals surface area contributed by atoms with Crippen LogP contribution in [-0.2, 0) is 4.79 Å². The monoisotopic (exact) mass is 423 g/mol. The maximum absolute atomic E-state index is 12.6. The van der Waals surface area contributed by atoms with E-state index in [1.54, 1.807) is 12.2 Å². The molecule has 1 amide bonds. The molecule has 1 N–H and O–H groups in total. The van der Waals surface area contributed by atoms with Crippen LogP contribution in [0.15, 0.2) is 40.8 Å². The molecule has 1 aromatic carbocycles. The Morgan fingerprint density at radius 3 is 2.43 bits per heavy atom. The molecular weight excluding hydrogens is 394 g/mol. The molecule has 6 rings (SSSR count). The highest BCUT2D eigenvalue weighted by atomic mass is 35.5. The number of aryl methyl sites for hydroxylation is 1. The SMILES string of the molecule is Cc1ccc(-c2ccc(/C=C/C(=O)N[C@@H](C)C34CC5CC(CC(C5)C3)C4)o2)cc1Cl. The molecule has 0 saturated heterocycles. The van der Waals surface area contributed by atoms with Gasteiger partial charge in [-0.15, -0.1) is 0 Å². The number of nitrogens with one attached hydrogen (secondary N) is 1. The van der Waals surface area contributed by atoms with E-state index in [-0.39, 0.29) is 11.9 Å². The van der Waals surface area contributed by atoms with Gasteiger partial charge in [0.05, 0.1) is 0 Å². The van der Waals surface area contributed by atoms with Crippen molar-refractivity contribution in [3.8, 4) is 11.3 Å². The predicted octanol–water partition coefficient (Wildman–Crippen LogP) is 6.64. The van der Waals surface area contributed by atoms with Gasteiger partial charge < -0.3 is 9.73 Å². The van der Waals surface area contributed by atoms with E-state index in [1.807, 2.05) is 37.3 Å². The minimum Gasteiger partial charge on any atom is -0.457 e. The van der Waals surface area contributed by atoms with Crippen molar-refractivity contribution in [2.75, 3.05) is 0 Å². The van der Waals surface area contributed by atoms with Gasteiger partial charge in [-0.2, -0.15) is 0 Å². The average Bonchev–Trinajstić information content (AvgIpc) is 3.16. The zero-order valence-corrected chi connectivity index (χ0v) is 18.5. The molecule has 0 radical (unpaired) electrons. The molecule has 3 nitrogen and oxygen atoms in total. The molecule has 2 aromatic rings. The van der Waals surface area contributed by atoms with Crippen LogP contribution in [0, 0.1) is 30.1 Å². The second-order valence-corrected chi connectivity index (χ2v) is 10.4. The lowest BCUT2D eigenvalue weighted by Gasteiger charge is -2.59. The molecule has 4 heteroatoms. The molecule has 4 saturated carbocycles. The molecule has 0 spiro atoms. The molecule has 1 aromatic heterocycles. The van der Waals surface area contributed by atoms with Crippen LogP contribution in [0.5, 0.6) is 0 Å². The van der Waals surface area contributed by atoms with Crippen LogP contribution in [0.1, 0.15) is 56.8 Å². The molecule has 158 valence electrons. The van der Waals surface area contributed by atoms with E-state index in [9.17, 15) is 4.79 Å². The lowest BCUT2D eigenvalue weighted by atomic mass is 9.48. The van der Waals surface area contributed by atoms with Gasteiger partial charge >= 0.3 is 0 Å². The van der Waals surface area contributed by atoms with E-state index in [4.69, 9.17) is 16.0 Å². The third-order valence-corrected chi connectivity index (χ3v) is 8.25. The van der Waals surface area contributed by atoms with Gasteiger partial charge in [0.25, 0.3) is 0 Å². The molecule has 0 aliphatic heterocycles. The van der Waals surface area contributed by atoms with Gasteiger partial charge in [0, 0.05) is 22.7 Å². The average molecular weight is 424 g/mol. The number of hydrogen-bond donors (Lipinski definition) is 1. The first-order valence-corrected chi connectivity index (χ1v) is 11.6. The predicted molar refractivity (Wildman–Crippen MR) is 121 cm³/mol. The number of rotatable bonds is 5. The summed E-state index contributed by atoms with van der Waals surface area (Å²) in [6, 6.07) is 9.90. The van der Waals surface area contributed by atoms with Crippen molar-refractivity contribution in [2.24, 2.45) is 23.2 Å². The molecule has 30 heavy (non-hydrogen) atoms. The Balaban J connectivity index is 1.23. The minimum atomic E-state index is -0.0328. The topological polar surface area (TPSA) is 42.2 Å². The van der Waals surface area contributed by atoms with Gasteiger partial charge in [-0.05, 0) is 105 Å². The Hall–Kier alpha value is -2.00. The number of hydrogen-bond acceptors (Lipinski definition) is 2. The highest BCUT2D eigenvalue weighted by molar-refractivity contribution is 6.31. The number of furan rings is 1. The van der Waals surface area contributed by atoms with E-state index in [2.05, 4.69) is 12.2 Å². The van der Waals surface area contributed by atoms with Gasteiger partial charge in [-0.1, -0.05) is 23.7 Å². The second kappa shape index (κ2) is 7.60. The highest BCUT2D eigenvalue weighted by Crippen LogP contribution is 2.61. The molecule has 4 fully saturated rings. The van der Waals surface area contributed by atoms with Crippen LogP contribution in [0.2, 0.25) is 5.02 Å². The summed E-state index contributed by atoms with van der Waals surface area (Å²) < 4.78 is 5.89. The Morgan fingerprint density at radius 2 is 1.80 bits per heavy atom. The molecule has 1 heterocycles. The highest BCUT2D eigenvalue weighted by Gasteiger charge is 2.53. The molecule has 4 aliphatic rings. The van der Waals surface area contributed by atoms with Crippen molar-refractivity contribution in [3.63, 3.8) is 0 Å². The van der Waals surface area contributed by atoms with Crippen LogP contribution in [-0.4, -0.2) is 11.9 Å². The van der Waals surface area contributed by atoms with Crippen molar-refractivity contribution < 1.29 is 9.21 Å². The minimum absolute atomic E-state index is 0.0328. The first-order valence-electron chi connectivity index (χ1n) is 11.3. The van der Waals surface area contributed by atoms with Gasteiger partial charge in [0.15, 0.2) is 0 Å². The van der Waals surface area contributed by atoms with Crippen LogP contribution in [0.4, 0.5) is 0 Å². The molecule has 4 aliphatic carbocycles. The summed E-state index contributed by atoms with van der Waals surface area (Å²) in [6.45, 7) is 4.19. The van der Waals surface area contributed by atoms with E-state index >= 15 is 0 Å². The molecule has 0 unspecified atom stereocenters. The fraction of sp³-hybridized carbons (Fsp3) is 0.500. The number of carbonyl (C=O) groups excluding carboxylic acids is 1. The van der Waals surface area contributed by atoms with Crippen molar-refractivity contribution in [2.45, 2.75) is 58.4 Å². The first kappa shape index (κ1) is 19.9. The van der Waals surface area contributed by atoms with Crippen LogP contribution >= 0.6 is 11.6 Å². The maximum atomic E-state index is 12.6. The van der Waals surface area contributed by atoms with E-state index < -0.39 is 0 Å². The molecule has 4 bridgehead atoms. The van der Waals surface area contributed by atoms with Crippen LogP contribution in [0.25, 0.3) is 17.4 Å². The van der Waals surface area contributed by atoms with Crippen molar-refractivity contribution >= 4 is 23.6 Å². The third-order valence-electron chi connectivity index (χ3n) is 7.85. The molecular formula is C26H30ClNO2. The quantitative estimate of drug-likeness (QED) is 0.547. The molecule has 1 atom stereocenters. The van der Waals surface area contributed by atoms with E-state index in [0.717, 1.165) is 39.7 Å². The Bertz CT molecular complexity index is 953. The van der Waals surface area contributed by atoms with Crippen molar-refractivity contribution in [1.82, 2.24) is 5.32 Å². The largest absolute Gasteiger partial charge is 0.457 e. The van der Waals surface area contributed by atoms with E-state index in [0.29, 0.717) is 11.2 Å². The zero-order chi connectivity index (χ0) is 20.9. The lowest BCUT2D eigenvalue weighted by molar-refractivity contribution is -0.121. The van der Waals surface area contributed by atoms with Gasteiger partial charge in [0.1, 0.15) is 11.5 Å². The third kappa shape index (κ3) is 3.73. The van der Waals surface area contributed by atoms with E-state index in [1.165, 1.54) is 38.5 Å². The Morgan fingerprint density at radius 1 is 1.13 bits per heavy atom. The lowest BCUT2D eigenvalue weighted by Crippen LogP contribution is -2.55. The summed E-state index contributed by atoms with van der Waals surface area (Å²) in [5, 5.41) is 4.00. The van der Waals surface area contributed by atoms with Gasteiger partial charge in [-0.25, -0.2) is 0 Å². The number of amides is 1. The maximum Gasteiger partial charge on any atom is 0.244 e. The van der Waals surface area contributed by atoms with Crippen molar-refractivity contribution in [3.05, 3.63) is 52.8 Å². The number of halogens is 1. The fourth-order valence-electron chi connectivity index (χ4n) is 6.62. The summed E-state index contributed by atoms with van der Waals surface area (Å²) in [5.74, 6) is 4.06.